The molecular weight excluding hydrogens is 224 g/mol. The molecule has 2 aliphatic rings. The van der Waals surface area contributed by atoms with Crippen LogP contribution in [0.4, 0.5) is 0 Å². The van der Waals surface area contributed by atoms with Crippen molar-refractivity contribution >= 4 is 0 Å². The van der Waals surface area contributed by atoms with E-state index in [2.05, 4.69) is 31.0 Å². The molecule has 3 unspecified atom stereocenters. The number of likely N-dealkylation sites (tertiary alicyclic amines) is 1. The lowest BCUT2D eigenvalue weighted by molar-refractivity contribution is 0.153. The highest BCUT2D eigenvalue weighted by molar-refractivity contribution is 4.92. The quantitative estimate of drug-likeness (QED) is 0.729. The molecule has 2 rings (SSSR count). The maximum absolute atomic E-state index is 9.57. The molecule has 0 radical (unpaired) electrons. The first kappa shape index (κ1) is 14.3. The van der Waals surface area contributed by atoms with Crippen molar-refractivity contribution in [3.05, 3.63) is 0 Å². The van der Waals surface area contributed by atoms with Crippen molar-refractivity contribution in [1.29, 1.82) is 0 Å². The predicted molar refractivity (Wildman–Crippen MR) is 75.7 cm³/mol. The molecule has 0 amide bonds. The normalized spacial score (nSPS) is 32.7. The number of hydrogen-bond donors (Lipinski definition) is 2. The minimum Gasteiger partial charge on any atom is -0.394 e. The van der Waals surface area contributed by atoms with E-state index in [1.54, 1.807) is 0 Å². The van der Waals surface area contributed by atoms with Crippen molar-refractivity contribution in [3.8, 4) is 0 Å². The van der Waals surface area contributed by atoms with Crippen LogP contribution in [0.3, 0.4) is 0 Å². The van der Waals surface area contributed by atoms with Crippen LogP contribution in [0.1, 0.15) is 52.9 Å². The van der Waals surface area contributed by atoms with Crippen LogP contribution in [0.25, 0.3) is 0 Å². The van der Waals surface area contributed by atoms with Crippen molar-refractivity contribution in [2.75, 3.05) is 19.7 Å². The van der Waals surface area contributed by atoms with Crippen LogP contribution in [-0.4, -0.2) is 47.3 Å². The van der Waals surface area contributed by atoms with Crippen LogP contribution >= 0.6 is 0 Å². The highest BCUT2D eigenvalue weighted by atomic mass is 16.3. The first-order valence-electron chi connectivity index (χ1n) is 7.65. The Morgan fingerprint density at radius 1 is 1.33 bits per heavy atom. The maximum atomic E-state index is 9.57. The molecule has 106 valence electrons. The van der Waals surface area contributed by atoms with Gasteiger partial charge in [0.2, 0.25) is 0 Å². The number of rotatable bonds is 7. The molecule has 0 aromatic heterocycles. The van der Waals surface area contributed by atoms with E-state index < -0.39 is 0 Å². The van der Waals surface area contributed by atoms with Crippen molar-refractivity contribution in [1.82, 2.24) is 10.2 Å². The van der Waals surface area contributed by atoms with Gasteiger partial charge in [-0.3, -0.25) is 0 Å². The fourth-order valence-electron chi connectivity index (χ4n) is 3.29. The van der Waals surface area contributed by atoms with Crippen LogP contribution in [0.15, 0.2) is 0 Å². The number of hydrogen-bond acceptors (Lipinski definition) is 3. The zero-order valence-corrected chi connectivity index (χ0v) is 12.3. The molecule has 2 fully saturated rings. The number of nitrogens with one attached hydrogen (secondary N) is 1. The van der Waals surface area contributed by atoms with Crippen LogP contribution in [0.2, 0.25) is 0 Å². The van der Waals surface area contributed by atoms with Gasteiger partial charge in [0, 0.05) is 24.2 Å². The molecule has 1 saturated heterocycles. The van der Waals surface area contributed by atoms with E-state index in [1.807, 2.05) is 0 Å². The molecule has 3 heteroatoms. The number of nitrogens with zero attached hydrogens (tertiary/aromatic N) is 1. The van der Waals surface area contributed by atoms with Crippen molar-refractivity contribution < 1.29 is 5.11 Å². The van der Waals surface area contributed by atoms with E-state index in [9.17, 15) is 5.11 Å². The molecule has 3 nitrogen and oxygen atoms in total. The molecule has 1 aliphatic carbocycles. The molecule has 3 atom stereocenters. The van der Waals surface area contributed by atoms with Crippen LogP contribution in [0.5, 0.6) is 0 Å². The zero-order chi connectivity index (χ0) is 13.2. The molecule has 18 heavy (non-hydrogen) atoms. The van der Waals surface area contributed by atoms with Gasteiger partial charge in [-0.05, 0) is 58.4 Å². The predicted octanol–water partition coefficient (Wildman–Crippen LogP) is 2.00. The lowest BCUT2D eigenvalue weighted by Crippen LogP contribution is -2.47. The Morgan fingerprint density at radius 3 is 2.56 bits per heavy atom. The highest BCUT2D eigenvalue weighted by Gasteiger charge is 2.32. The van der Waals surface area contributed by atoms with Crippen molar-refractivity contribution in [2.24, 2.45) is 5.92 Å². The smallest absolute Gasteiger partial charge is 0.0610 e. The average Bonchev–Trinajstić information content (AvgIpc) is 3.05. The van der Waals surface area contributed by atoms with Gasteiger partial charge in [0.05, 0.1) is 6.61 Å². The summed E-state index contributed by atoms with van der Waals surface area (Å²) in [5, 5.41) is 13.2. The van der Waals surface area contributed by atoms with Gasteiger partial charge < -0.3 is 15.3 Å². The summed E-state index contributed by atoms with van der Waals surface area (Å²) in [6.45, 7) is 9.57. The molecule has 1 saturated carbocycles. The first-order valence-corrected chi connectivity index (χ1v) is 7.65. The summed E-state index contributed by atoms with van der Waals surface area (Å²) < 4.78 is 0. The Hall–Kier alpha value is -0.120. The average molecular weight is 254 g/mol. The summed E-state index contributed by atoms with van der Waals surface area (Å²) in [5.74, 6) is 0.855. The van der Waals surface area contributed by atoms with Gasteiger partial charge in [-0.1, -0.05) is 6.92 Å². The highest BCUT2D eigenvalue weighted by Crippen LogP contribution is 2.26. The van der Waals surface area contributed by atoms with Crippen molar-refractivity contribution in [2.45, 2.75) is 70.5 Å². The van der Waals surface area contributed by atoms with Crippen LogP contribution < -0.4 is 5.32 Å². The van der Waals surface area contributed by atoms with E-state index in [1.165, 1.54) is 38.8 Å². The lowest BCUT2D eigenvalue weighted by atomic mass is 9.96. The summed E-state index contributed by atoms with van der Waals surface area (Å²) in [4.78, 5) is 2.61. The summed E-state index contributed by atoms with van der Waals surface area (Å²) in [6, 6.07) is 1.42. The standard InChI is InChI=1S/C15H30N2O/c1-12-9-13(2)17(10-12)8-4-7-15(3,11-18)16-14-5-6-14/h12-14,16,18H,4-11H2,1-3H3. The third-order valence-corrected chi connectivity index (χ3v) is 4.57. The third-order valence-electron chi connectivity index (χ3n) is 4.57. The Kier molecular flexibility index (Phi) is 4.68. The SMILES string of the molecule is CC1CC(C)N(CCCC(C)(CO)NC2CC2)C1. The van der Waals surface area contributed by atoms with E-state index in [-0.39, 0.29) is 12.1 Å². The second-order valence-electron chi connectivity index (χ2n) is 6.93. The molecule has 0 spiro atoms. The van der Waals surface area contributed by atoms with Gasteiger partial charge in [0.25, 0.3) is 0 Å². The number of aliphatic hydroxyl groups is 1. The molecule has 1 heterocycles. The van der Waals surface area contributed by atoms with E-state index in [0.717, 1.165) is 18.4 Å². The monoisotopic (exact) mass is 254 g/mol. The van der Waals surface area contributed by atoms with Gasteiger partial charge in [0.1, 0.15) is 0 Å². The summed E-state index contributed by atoms with van der Waals surface area (Å²) in [7, 11) is 0. The number of aliphatic hydroxyl groups excluding tert-OH is 1. The minimum absolute atomic E-state index is 0.0598. The van der Waals surface area contributed by atoms with E-state index in [4.69, 9.17) is 0 Å². The summed E-state index contributed by atoms with van der Waals surface area (Å²) in [6.07, 6.45) is 6.19. The molecule has 0 bridgehead atoms. The minimum atomic E-state index is -0.0598. The summed E-state index contributed by atoms with van der Waals surface area (Å²) >= 11 is 0. The van der Waals surface area contributed by atoms with E-state index >= 15 is 0 Å². The third kappa shape index (κ3) is 3.94. The second-order valence-corrected chi connectivity index (χ2v) is 6.93. The first-order chi connectivity index (χ1) is 8.52. The Labute approximate surface area is 112 Å². The Morgan fingerprint density at radius 2 is 2.06 bits per heavy atom. The molecule has 2 N–H and O–H groups in total. The van der Waals surface area contributed by atoms with Gasteiger partial charge >= 0.3 is 0 Å². The Balaban J connectivity index is 1.69. The second kappa shape index (κ2) is 5.89. The van der Waals surface area contributed by atoms with Crippen molar-refractivity contribution in [3.63, 3.8) is 0 Å². The molecular formula is C15H30N2O. The summed E-state index contributed by atoms with van der Waals surface area (Å²) in [5.41, 5.74) is -0.0598. The fourth-order valence-corrected chi connectivity index (χ4v) is 3.29. The van der Waals surface area contributed by atoms with E-state index in [0.29, 0.717) is 6.04 Å². The molecule has 1 aliphatic heterocycles. The largest absolute Gasteiger partial charge is 0.394 e. The van der Waals surface area contributed by atoms with Gasteiger partial charge in [0.15, 0.2) is 0 Å². The fraction of sp³-hybridized carbons (Fsp3) is 1.00. The van der Waals surface area contributed by atoms with Gasteiger partial charge in [-0.15, -0.1) is 0 Å². The van der Waals surface area contributed by atoms with Gasteiger partial charge in [-0.2, -0.15) is 0 Å². The van der Waals surface area contributed by atoms with Crippen LogP contribution in [-0.2, 0) is 0 Å². The topological polar surface area (TPSA) is 35.5 Å². The zero-order valence-electron chi connectivity index (χ0n) is 12.3. The lowest BCUT2D eigenvalue weighted by Gasteiger charge is -2.30. The maximum Gasteiger partial charge on any atom is 0.0610 e. The Bertz CT molecular complexity index is 267. The van der Waals surface area contributed by atoms with Gasteiger partial charge in [-0.25, -0.2) is 0 Å². The molecule has 0 aromatic carbocycles. The molecule has 0 aromatic rings. The van der Waals surface area contributed by atoms with Crippen LogP contribution in [0, 0.1) is 5.92 Å².